The van der Waals surface area contributed by atoms with E-state index in [4.69, 9.17) is 0 Å². The number of benzene rings is 1. The van der Waals surface area contributed by atoms with E-state index in [1.807, 2.05) is 31.2 Å². The Kier molecular flexibility index (Phi) is 3.81. The fourth-order valence-electron chi connectivity index (χ4n) is 0.909. The summed E-state index contributed by atoms with van der Waals surface area (Å²) in [5.74, 6) is 0. The zero-order valence-corrected chi connectivity index (χ0v) is 9.28. The highest BCUT2D eigenvalue weighted by Crippen LogP contribution is 2.08. The number of aryl methyl sites for hydroxylation is 1. The summed E-state index contributed by atoms with van der Waals surface area (Å²) < 4.78 is 22.3. The van der Waals surface area contributed by atoms with Crippen LogP contribution in [-0.4, -0.2) is 19.8 Å². The van der Waals surface area contributed by atoms with Crippen LogP contribution in [0.4, 0.5) is 0 Å². The van der Waals surface area contributed by atoms with E-state index in [2.05, 4.69) is 0 Å². The van der Waals surface area contributed by atoms with Crippen molar-refractivity contribution in [2.75, 3.05) is 11.3 Å². The van der Waals surface area contributed by atoms with E-state index < -0.39 is 21.6 Å². The summed E-state index contributed by atoms with van der Waals surface area (Å²) in [6.45, 7) is 1.98. The third-order valence-electron chi connectivity index (χ3n) is 1.56. The quantitative estimate of drug-likeness (QED) is 0.766. The van der Waals surface area contributed by atoms with Crippen molar-refractivity contribution in [2.45, 2.75) is 11.8 Å². The monoisotopic (exact) mass is 216 g/mol. The molecule has 0 saturated heterocycles. The Morgan fingerprint density at radius 3 is 2.15 bits per heavy atom. The van der Waals surface area contributed by atoms with Gasteiger partial charge in [-0.3, -0.25) is 8.42 Å². The predicted molar refractivity (Wildman–Crippen MR) is 56.5 cm³/mol. The Morgan fingerprint density at radius 2 is 1.69 bits per heavy atom. The van der Waals surface area contributed by atoms with E-state index in [0.717, 1.165) is 10.5 Å². The van der Waals surface area contributed by atoms with Gasteiger partial charge in [-0.15, -0.1) is 0 Å². The largest absolute Gasteiger partial charge is 0.259 e. The van der Waals surface area contributed by atoms with Gasteiger partial charge in [0.15, 0.2) is 0 Å². The van der Waals surface area contributed by atoms with Crippen LogP contribution in [0.1, 0.15) is 5.56 Å². The van der Waals surface area contributed by atoms with E-state index in [9.17, 15) is 8.42 Å². The van der Waals surface area contributed by atoms with Crippen molar-refractivity contribution in [2.24, 2.45) is 0 Å². The van der Waals surface area contributed by atoms with Crippen molar-refractivity contribution in [1.82, 2.24) is 0 Å². The SMILES string of the molecule is Cc1ccc(S(=O)CS(C)=O)cc1. The topological polar surface area (TPSA) is 34.1 Å². The first-order valence-corrected chi connectivity index (χ1v) is 6.89. The van der Waals surface area contributed by atoms with Gasteiger partial charge < -0.3 is 0 Å². The van der Waals surface area contributed by atoms with Gasteiger partial charge in [-0.25, -0.2) is 0 Å². The van der Waals surface area contributed by atoms with E-state index in [0.29, 0.717) is 0 Å². The molecule has 0 aliphatic heterocycles. The molecule has 1 aromatic carbocycles. The number of hydrogen-bond donors (Lipinski definition) is 0. The average Bonchev–Trinajstić information content (AvgIpc) is 2.04. The molecule has 1 rings (SSSR count). The molecule has 0 amide bonds. The van der Waals surface area contributed by atoms with E-state index in [1.165, 1.54) is 0 Å². The van der Waals surface area contributed by atoms with Crippen LogP contribution in [0, 0.1) is 6.92 Å². The minimum atomic E-state index is -1.12. The third kappa shape index (κ3) is 3.40. The highest BCUT2D eigenvalue weighted by Gasteiger charge is 2.04. The molecule has 0 aromatic heterocycles. The summed E-state index contributed by atoms with van der Waals surface area (Å²) in [6, 6.07) is 7.45. The molecular formula is C9H12O2S2. The molecule has 2 unspecified atom stereocenters. The molecule has 0 N–H and O–H groups in total. The normalized spacial score (nSPS) is 15.2. The zero-order chi connectivity index (χ0) is 9.84. The molecule has 0 spiro atoms. The highest BCUT2D eigenvalue weighted by atomic mass is 32.2. The van der Waals surface area contributed by atoms with Crippen LogP contribution in [0.3, 0.4) is 0 Å². The Hall–Kier alpha value is -0.480. The lowest BCUT2D eigenvalue weighted by molar-refractivity contribution is 0.681. The van der Waals surface area contributed by atoms with Gasteiger partial charge in [-0.1, -0.05) is 17.7 Å². The summed E-state index contributed by atoms with van der Waals surface area (Å²) in [4.78, 5) is 0.751. The van der Waals surface area contributed by atoms with E-state index >= 15 is 0 Å². The van der Waals surface area contributed by atoms with Gasteiger partial charge in [0.25, 0.3) is 0 Å². The molecule has 2 nitrogen and oxygen atoms in total. The van der Waals surface area contributed by atoms with Crippen molar-refractivity contribution in [1.29, 1.82) is 0 Å². The van der Waals surface area contributed by atoms with Crippen molar-refractivity contribution in [3.8, 4) is 0 Å². The highest BCUT2D eigenvalue weighted by molar-refractivity contribution is 8.01. The maximum Gasteiger partial charge on any atom is 0.104 e. The lowest BCUT2D eigenvalue weighted by Gasteiger charge is -1.99. The van der Waals surface area contributed by atoms with Crippen LogP contribution in [0.15, 0.2) is 29.2 Å². The minimum absolute atomic E-state index is 0.225. The second kappa shape index (κ2) is 4.67. The van der Waals surface area contributed by atoms with Gasteiger partial charge >= 0.3 is 0 Å². The first-order valence-electron chi connectivity index (χ1n) is 3.84. The van der Waals surface area contributed by atoms with Crippen LogP contribution >= 0.6 is 0 Å². The predicted octanol–water partition coefficient (Wildman–Crippen LogP) is 1.44. The Balaban J connectivity index is 2.78. The second-order valence-corrected chi connectivity index (χ2v) is 6.10. The van der Waals surface area contributed by atoms with Gasteiger partial charge in [-0.05, 0) is 19.1 Å². The summed E-state index contributed by atoms with van der Waals surface area (Å²) in [5, 5.41) is 0.225. The minimum Gasteiger partial charge on any atom is -0.259 e. The molecule has 0 saturated carbocycles. The molecule has 0 fully saturated rings. The Bertz CT molecular complexity index is 330. The molecule has 0 heterocycles. The Labute approximate surface area is 83.3 Å². The Morgan fingerprint density at radius 1 is 1.15 bits per heavy atom. The van der Waals surface area contributed by atoms with Gasteiger partial charge in [0.05, 0.1) is 10.8 Å². The molecule has 4 heteroatoms. The van der Waals surface area contributed by atoms with Crippen LogP contribution < -0.4 is 0 Å². The summed E-state index contributed by atoms with van der Waals surface area (Å²) in [6.07, 6.45) is 1.56. The van der Waals surface area contributed by atoms with Crippen molar-refractivity contribution in [3.63, 3.8) is 0 Å². The number of hydrogen-bond acceptors (Lipinski definition) is 2. The third-order valence-corrected chi connectivity index (χ3v) is 4.54. The molecule has 0 radical (unpaired) electrons. The van der Waals surface area contributed by atoms with Gasteiger partial charge in [-0.2, -0.15) is 0 Å². The lowest BCUT2D eigenvalue weighted by Crippen LogP contribution is -2.02. The molecule has 0 aliphatic rings. The first kappa shape index (κ1) is 10.6. The fraction of sp³-hybridized carbons (Fsp3) is 0.333. The summed E-state index contributed by atoms with van der Waals surface area (Å²) in [7, 11) is -2.12. The van der Waals surface area contributed by atoms with Gasteiger partial charge in [0, 0.05) is 22.0 Å². The molecule has 1 aromatic rings. The standard InChI is InChI=1S/C9H12O2S2/c1-8-3-5-9(6-4-8)13(11)7-12(2)10/h3-6H,7H2,1-2H3. The van der Waals surface area contributed by atoms with Crippen LogP contribution in [0.5, 0.6) is 0 Å². The van der Waals surface area contributed by atoms with Crippen LogP contribution in [0.25, 0.3) is 0 Å². The zero-order valence-electron chi connectivity index (χ0n) is 7.65. The summed E-state index contributed by atoms with van der Waals surface area (Å²) >= 11 is 0. The fourth-order valence-corrected chi connectivity index (χ4v) is 3.10. The first-order chi connectivity index (χ1) is 6.09. The number of rotatable bonds is 3. The van der Waals surface area contributed by atoms with E-state index in [-0.39, 0.29) is 5.08 Å². The smallest absolute Gasteiger partial charge is 0.104 e. The van der Waals surface area contributed by atoms with Crippen molar-refractivity contribution >= 4 is 21.6 Å². The molecular weight excluding hydrogens is 204 g/mol. The van der Waals surface area contributed by atoms with Crippen LogP contribution in [0.2, 0.25) is 0 Å². The van der Waals surface area contributed by atoms with E-state index in [1.54, 1.807) is 6.26 Å². The molecule has 2 atom stereocenters. The molecule has 72 valence electrons. The van der Waals surface area contributed by atoms with Crippen molar-refractivity contribution in [3.05, 3.63) is 29.8 Å². The maximum absolute atomic E-state index is 11.5. The van der Waals surface area contributed by atoms with Gasteiger partial charge in [0.1, 0.15) is 5.08 Å². The maximum atomic E-state index is 11.5. The summed E-state index contributed by atoms with van der Waals surface area (Å²) in [5.41, 5.74) is 1.14. The van der Waals surface area contributed by atoms with Crippen molar-refractivity contribution < 1.29 is 8.42 Å². The molecule has 13 heavy (non-hydrogen) atoms. The van der Waals surface area contributed by atoms with Gasteiger partial charge in [0.2, 0.25) is 0 Å². The average molecular weight is 216 g/mol. The second-order valence-electron chi connectivity index (χ2n) is 2.85. The molecule has 0 aliphatic carbocycles. The van der Waals surface area contributed by atoms with Crippen LogP contribution in [-0.2, 0) is 21.6 Å². The molecule has 0 bridgehead atoms. The lowest BCUT2D eigenvalue weighted by atomic mass is 10.2.